The normalized spacial score (nSPS) is 13.8. The molecule has 0 rings (SSSR count). The van der Waals surface area contributed by atoms with Crippen LogP contribution in [-0.2, 0) is 0 Å². The molecular formula is C11H20Cl2. The lowest BCUT2D eigenvalue weighted by molar-refractivity contribution is 0.593. The molecule has 0 fully saturated rings. The molecule has 0 radical (unpaired) electrons. The maximum Gasteiger partial charge on any atom is 0.0527 e. The third kappa shape index (κ3) is 10.2. The van der Waals surface area contributed by atoms with Crippen LogP contribution in [0.1, 0.15) is 51.9 Å². The Morgan fingerprint density at radius 1 is 1.08 bits per heavy atom. The SMILES string of the molecule is CCCCCCCC[C@H](Cl)/C=C/Cl. The largest absolute Gasteiger partial charge is 0.118 e. The molecule has 0 nitrogen and oxygen atoms in total. The second-order valence-corrected chi connectivity index (χ2v) is 4.20. The van der Waals surface area contributed by atoms with E-state index in [1.54, 1.807) is 0 Å². The Labute approximate surface area is 92.3 Å². The summed E-state index contributed by atoms with van der Waals surface area (Å²) in [5, 5.41) is 0.128. The van der Waals surface area contributed by atoms with Crippen LogP contribution >= 0.6 is 23.2 Å². The maximum atomic E-state index is 5.95. The molecule has 0 N–H and O–H groups in total. The van der Waals surface area contributed by atoms with Gasteiger partial charge in [0.05, 0.1) is 5.38 Å². The Morgan fingerprint density at radius 3 is 2.31 bits per heavy atom. The number of alkyl halides is 1. The van der Waals surface area contributed by atoms with E-state index in [2.05, 4.69) is 6.92 Å². The van der Waals surface area contributed by atoms with Gasteiger partial charge in [-0.15, -0.1) is 11.6 Å². The zero-order chi connectivity index (χ0) is 9.94. The van der Waals surface area contributed by atoms with E-state index in [0.717, 1.165) is 6.42 Å². The molecule has 0 amide bonds. The molecule has 0 bridgehead atoms. The van der Waals surface area contributed by atoms with Crippen LogP contribution in [0.25, 0.3) is 0 Å². The molecule has 0 aliphatic carbocycles. The Bertz CT molecular complexity index is 121. The van der Waals surface area contributed by atoms with Crippen LogP contribution in [0, 0.1) is 0 Å². The highest BCUT2D eigenvalue weighted by atomic mass is 35.5. The van der Waals surface area contributed by atoms with Gasteiger partial charge in [0.15, 0.2) is 0 Å². The average Bonchev–Trinajstić information content (AvgIpc) is 2.11. The molecule has 0 saturated carbocycles. The van der Waals surface area contributed by atoms with Crippen molar-refractivity contribution < 1.29 is 0 Å². The highest BCUT2D eigenvalue weighted by molar-refractivity contribution is 6.27. The van der Waals surface area contributed by atoms with Crippen LogP contribution < -0.4 is 0 Å². The van der Waals surface area contributed by atoms with E-state index in [0.29, 0.717) is 0 Å². The first kappa shape index (κ1) is 13.3. The summed E-state index contributed by atoms with van der Waals surface area (Å²) in [5.41, 5.74) is 1.51. The van der Waals surface area contributed by atoms with Crippen molar-refractivity contribution in [1.29, 1.82) is 0 Å². The number of hydrogen-bond donors (Lipinski definition) is 0. The van der Waals surface area contributed by atoms with E-state index in [9.17, 15) is 0 Å². The summed E-state index contributed by atoms with van der Waals surface area (Å²) < 4.78 is 0. The molecule has 0 aromatic rings. The van der Waals surface area contributed by atoms with E-state index in [4.69, 9.17) is 23.2 Å². The second-order valence-electron chi connectivity index (χ2n) is 3.39. The molecule has 0 saturated heterocycles. The summed E-state index contributed by atoms with van der Waals surface area (Å²) in [6.45, 7) is 2.24. The fourth-order valence-electron chi connectivity index (χ4n) is 1.29. The van der Waals surface area contributed by atoms with Crippen LogP contribution in [0.15, 0.2) is 11.6 Å². The molecule has 13 heavy (non-hydrogen) atoms. The Balaban J connectivity index is 3.06. The number of hydrogen-bond acceptors (Lipinski definition) is 0. The topological polar surface area (TPSA) is 0 Å². The van der Waals surface area contributed by atoms with Gasteiger partial charge in [0.2, 0.25) is 0 Å². The van der Waals surface area contributed by atoms with Gasteiger partial charge in [-0.2, -0.15) is 0 Å². The van der Waals surface area contributed by atoms with E-state index < -0.39 is 0 Å². The second kappa shape index (κ2) is 10.4. The van der Waals surface area contributed by atoms with Gasteiger partial charge in [-0.1, -0.05) is 63.1 Å². The lowest BCUT2D eigenvalue weighted by Gasteiger charge is -2.03. The first-order chi connectivity index (χ1) is 6.31. The van der Waals surface area contributed by atoms with Crippen molar-refractivity contribution in [2.45, 2.75) is 57.2 Å². The minimum atomic E-state index is 0.128. The van der Waals surface area contributed by atoms with Crippen molar-refractivity contribution in [2.75, 3.05) is 0 Å². The van der Waals surface area contributed by atoms with Crippen molar-refractivity contribution in [2.24, 2.45) is 0 Å². The van der Waals surface area contributed by atoms with E-state index in [1.807, 2.05) is 6.08 Å². The maximum absolute atomic E-state index is 5.95. The Kier molecular flexibility index (Phi) is 10.7. The fourth-order valence-corrected chi connectivity index (χ4v) is 1.77. The summed E-state index contributed by atoms with van der Waals surface area (Å²) >= 11 is 11.4. The predicted octanol–water partition coefficient (Wildman–Crippen LogP) is 5.10. The van der Waals surface area contributed by atoms with Crippen molar-refractivity contribution in [3.8, 4) is 0 Å². The molecule has 0 unspecified atom stereocenters. The van der Waals surface area contributed by atoms with Crippen molar-refractivity contribution >= 4 is 23.2 Å². The van der Waals surface area contributed by atoms with Gasteiger partial charge < -0.3 is 0 Å². The lowest BCUT2D eigenvalue weighted by atomic mass is 10.1. The number of halogens is 2. The summed E-state index contributed by atoms with van der Waals surface area (Å²) in [4.78, 5) is 0. The van der Waals surface area contributed by atoms with E-state index >= 15 is 0 Å². The third-order valence-corrected chi connectivity index (χ3v) is 2.62. The molecule has 0 aliphatic rings. The molecule has 78 valence electrons. The van der Waals surface area contributed by atoms with Crippen LogP contribution in [0.4, 0.5) is 0 Å². The number of unbranched alkanes of at least 4 members (excludes halogenated alkanes) is 5. The van der Waals surface area contributed by atoms with Crippen molar-refractivity contribution in [3.63, 3.8) is 0 Å². The van der Waals surface area contributed by atoms with Crippen LogP contribution in [0.3, 0.4) is 0 Å². The third-order valence-electron chi connectivity index (χ3n) is 2.12. The van der Waals surface area contributed by atoms with Gasteiger partial charge in [0.1, 0.15) is 0 Å². The number of allylic oxidation sites excluding steroid dienone is 1. The summed E-state index contributed by atoms with van der Waals surface area (Å²) in [6, 6.07) is 0. The van der Waals surface area contributed by atoms with Gasteiger partial charge in [0, 0.05) is 5.54 Å². The lowest BCUT2D eigenvalue weighted by Crippen LogP contribution is -1.92. The van der Waals surface area contributed by atoms with Crippen LogP contribution in [-0.4, -0.2) is 5.38 Å². The zero-order valence-corrected chi connectivity index (χ0v) is 9.95. The first-order valence-electron chi connectivity index (χ1n) is 5.22. The van der Waals surface area contributed by atoms with Gasteiger partial charge in [-0.05, 0) is 6.42 Å². The molecule has 0 aromatic heterocycles. The zero-order valence-electron chi connectivity index (χ0n) is 8.44. The monoisotopic (exact) mass is 222 g/mol. The highest BCUT2D eigenvalue weighted by Gasteiger charge is 1.98. The minimum Gasteiger partial charge on any atom is -0.118 e. The molecule has 0 aliphatic heterocycles. The molecular weight excluding hydrogens is 203 g/mol. The molecule has 2 heteroatoms. The van der Waals surface area contributed by atoms with Crippen molar-refractivity contribution in [1.82, 2.24) is 0 Å². The first-order valence-corrected chi connectivity index (χ1v) is 6.09. The van der Waals surface area contributed by atoms with Crippen molar-refractivity contribution in [3.05, 3.63) is 11.6 Å². The van der Waals surface area contributed by atoms with Gasteiger partial charge in [-0.3, -0.25) is 0 Å². The minimum absolute atomic E-state index is 0.128. The number of rotatable bonds is 8. The van der Waals surface area contributed by atoms with Gasteiger partial charge >= 0.3 is 0 Å². The molecule has 0 aromatic carbocycles. The fraction of sp³-hybridized carbons (Fsp3) is 0.818. The molecule has 1 atom stereocenters. The smallest absolute Gasteiger partial charge is 0.0527 e. The van der Waals surface area contributed by atoms with Gasteiger partial charge in [-0.25, -0.2) is 0 Å². The molecule has 0 heterocycles. The average molecular weight is 223 g/mol. The highest BCUT2D eigenvalue weighted by Crippen LogP contribution is 2.12. The van der Waals surface area contributed by atoms with Gasteiger partial charge in [0.25, 0.3) is 0 Å². The van der Waals surface area contributed by atoms with Crippen LogP contribution in [0.5, 0.6) is 0 Å². The summed E-state index contributed by atoms with van der Waals surface area (Å²) in [6.07, 6.45) is 10.8. The quantitative estimate of drug-likeness (QED) is 0.396. The predicted molar refractivity (Wildman–Crippen MR) is 62.6 cm³/mol. The Hall–Kier alpha value is 0.320. The molecule has 0 spiro atoms. The van der Waals surface area contributed by atoms with E-state index in [-0.39, 0.29) is 5.38 Å². The summed E-state index contributed by atoms with van der Waals surface area (Å²) in [7, 11) is 0. The Morgan fingerprint density at radius 2 is 1.69 bits per heavy atom. The van der Waals surface area contributed by atoms with E-state index in [1.165, 1.54) is 44.1 Å². The van der Waals surface area contributed by atoms with Crippen LogP contribution in [0.2, 0.25) is 0 Å². The summed E-state index contributed by atoms with van der Waals surface area (Å²) in [5.74, 6) is 0. The standard InChI is InChI=1S/C11H20Cl2/c1-2-3-4-5-6-7-8-11(13)9-10-12/h9-11H,2-8H2,1H3/b10-9+/t11-/m0/s1.